The van der Waals surface area contributed by atoms with Gasteiger partial charge >= 0.3 is 6.18 Å². The van der Waals surface area contributed by atoms with Gasteiger partial charge in [-0.1, -0.05) is 30.3 Å². The molecule has 0 radical (unpaired) electrons. The Labute approximate surface area is 162 Å². The number of hydrogen-bond acceptors (Lipinski definition) is 4. The highest BCUT2D eigenvalue weighted by atomic mass is 19.4. The van der Waals surface area contributed by atoms with Crippen LogP contribution < -0.4 is 0 Å². The second-order valence-corrected chi connectivity index (χ2v) is 6.39. The van der Waals surface area contributed by atoms with Crippen molar-refractivity contribution < 1.29 is 18.1 Å². The molecule has 2 aromatic heterocycles. The lowest BCUT2D eigenvalue weighted by molar-refractivity contribution is -0.384. The average Bonchev–Trinajstić information content (AvgIpc) is 3.04. The molecular formula is C20H13F3N4O2. The number of rotatable bonds is 3. The van der Waals surface area contributed by atoms with Crippen LogP contribution in [0, 0.1) is 17.0 Å². The minimum Gasteiger partial charge on any atom is -0.258 e. The highest BCUT2D eigenvalue weighted by Gasteiger charge is 2.35. The summed E-state index contributed by atoms with van der Waals surface area (Å²) in [6.45, 7) is 1.48. The number of fused-ring (bicyclic) bond motifs is 1. The molecular weight excluding hydrogens is 385 g/mol. The van der Waals surface area contributed by atoms with Gasteiger partial charge in [-0.25, -0.2) is 9.67 Å². The summed E-state index contributed by atoms with van der Waals surface area (Å²) in [6.07, 6.45) is -4.60. The number of alkyl halides is 3. The van der Waals surface area contributed by atoms with E-state index >= 15 is 0 Å². The summed E-state index contributed by atoms with van der Waals surface area (Å²) in [6, 6.07) is 14.9. The zero-order chi connectivity index (χ0) is 20.8. The van der Waals surface area contributed by atoms with Gasteiger partial charge in [0.25, 0.3) is 5.69 Å². The second kappa shape index (κ2) is 6.69. The highest BCUT2D eigenvalue weighted by Crippen LogP contribution is 2.38. The summed E-state index contributed by atoms with van der Waals surface area (Å²) in [4.78, 5) is 14.8. The molecule has 0 fully saturated rings. The van der Waals surface area contributed by atoms with Crippen LogP contribution in [-0.4, -0.2) is 19.7 Å². The molecule has 9 heteroatoms. The summed E-state index contributed by atoms with van der Waals surface area (Å²) >= 11 is 0. The maximum Gasteiger partial charge on any atom is 0.417 e. The third kappa shape index (κ3) is 3.31. The number of nitrogens with zero attached hydrogens (tertiary/aromatic N) is 4. The molecule has 4 rings (SSSR count). The Hall–Kier alpha value is -3.75. The summed E-state index contributed by atoms with van der Waals surface area (Å²) in [5.74, 6) is 0. The van der Waals surface area contributed by atoms with Crippen LogP contribution in [0.3, 0.4) is 0 Å². The number of halogens is 3. The number of benzene rings is 2. The molecule has 0 aliphatic carbocycles. The van der Waals surface area contributed by atoms with E-state index in [1.165, 1.54) is 35.9 Å². The largest absolute Gasteiger partial charge is 0.417 e. The first kappa shape index (κ1) is 18.6. The topological polar surface area (TPSA) is 73.8 Å². The van der Waals surface area contributed by atoms with Crippen molar-refractivity contribution in [2.45, 2.75) is 13.1 Å². The third-order valence-electron chi connectivity index (χ3n) is 4.49. The van der Waals surface area contributed by atoms with E-state index in [0.29, 0.717) is 11.3 Å². The van der Waals surface area contributed by atoms with Gasteiger partial charge in [-0.05, 0) is 25.1 Å². The molecule has 0 aliphatic heterocycles. The van der Waals surface area contributed by atoms with Crippen LogP contribution in [0.4, 0.5) is 18.9 Å². The van der Waals surface area contributed by atoms with Crippen molar-refractivity contribution >= 4 is 16.7 Å². The molecule has 0 unspecified atom stereocenters. The van der Waals surface area contributed by atoms with Crippen LogP contribution in [0.15, 0.2) is 60.7 Å². The van der Waals surface area contributed by atoms with E-state index in [9.17, 15) is 23.3 Å². The molecule has 4 aromatic rings. The van der Waals surface area contributed by atoms with Gasteiger partial charge in [-0.15, -0.1) is 0 Å². The molecule has 0 atom stereocenters. The minimum absolute atomic E-state index is 0.0324. The third-order valence-corrected chi connectivity index (χ3v) is 4.49. The van der Waals surface area contributed by atoms with Gasteiger partial charge in [0.05, 0.1) is 32.9 Å². The van der Waals surface area contributed by atoms with Crippen LogP contribution in [0.2, 0.25) is 0 Å². The minimum atomic E-state index is -4.60. The molecule has 0 N–H and O–H groups in total. The number of aryl methyl sites for hydroxylation is 1. The molecule has 2 heterocycles. The van der Waals surface area contributed by atoms with E-state index in [1.54, 1.807) is 30.3 Å². The van der Waals surface area contributed by atoms with Crippen LogP contribution in [-0.2, 0) is 6.18 Å². The van der Waals surface area contributed by atoms with Crippen molar-refractivity contribution in [2.75, 3.05) is 0 Å². The van der Waals surface area contributed by atoms with Gasteiger partial charge in [0, 0.05) is 17.7 Å². The van der Waals surface area contributed by atoms with Gasteiger partial charge in [0.15, 0.2) is 5.65 Å². The fourth-order valence-electron chi connectivity index (χ4n) is 3.16. The summed E-state index contributed by atoms with van der Waals surface area (Å²) in [5.41, 5.74) is 0.313. The van der Waals surface area contributed by atoms with E-state index < -0.39 is 16.7 Å². The number of hydrogen-bond donors (Lipinski definition) is 0. The number of non-ortho nitro benzene ring substituents is 1. The predicted octanol–water partition coefficient (Wildman–Crippen LogP) is 5.32. The van der Waals surface area contributed by atoms with Crippen molar-refractivity contribution in [3.8, 4) is 16.9 Å². The zero-order valence-electron chi connectivity index (χ0n) is 15.0. The Balaban J connectivity index is 2.01. The predicted molar refractivity (Wildman–Crippen MR) is 101 cm³/mol. The van der Waals surface area contributed by atoms with E-state index in [2.05, 4.69) is 10.1 Å². The number of nitro groups is 1. The number of nitro benzene ring substituents is 1. The fraction of sp³-hybridized carbons (Fsp3) is 0.100. The van der Waals surface area contributed by atoms with E-state index in [4.69, 9.17) is 0 Å². The molecule has 0 saturated heterocycles. The van der Waals surface area contributed by atoms with Crippen LogP contribution in [0.1, 0.15) is 11.3 Å². The monoisotopic (exact) mass is 398 g/mol. The van der Waals surface area contributed by atoms with Crippen LogP contribution in [0.5, 0.6) is 0 Å². The smallest absolute Gasteiger partial charge is 0.258 e. The fourth-order valence-corrected chi connectivity index (χ4v) is 3.16. The molecule has 6 nitrogen and oxygen atoms in total. The Morgan fingerprint density at radius 2 is 1.69 bits per heavy atom. The van der Waals surface area contributed by atoms with Gasteiger partial charge in [0.1, 0.15) is 0 Å². The van der Waals surface area contributed by atoms with Crippen molar-refractivity contribution in [1.29, 1.82) is 0 Å². The number of pyridine rings is 1. The van der Waals surface area contributed by atoms with E-state index in [-0.39, 0.29) is 28.1 Å². The van der Waals surface area contributed by atoms with Crippen molar-refractivity contribution in [2.24, 2.45) is 0 Å². The summed E-state index contributed by atoms with van der Waals surface area (Å²) in [5, 5.41) is 15.0. The Morgan fingerprint density at radius 3 is 2.28 bits per heavy atom. The quantitative estimate of drug-likeness (QED) is 0.346. The van der Waals surface area contributed by atoms with Crippen LogP contribution in [0.25, 0.3) is 28.0 Å². The zero-order valence-corrected chi connectivity index (χ0v) is 15.0. The Bertz CT molecular complexity index is 1220. The summed E-state index contributed by atoms with van der Waals surface area (Å²) in [7, 11) is 0. The lowest BCUT2D eigenvalue weighted by atomic mass is 10.1. The molecule has 0 amide bonds. The highest BCUT2D eigenvalue weighted by molar-refractivity contribution is 5.87. The standard InChI is InChI=1S/C20H13F3N4O2/c1-12-18-16(20(21,22)23)11-17(13-5-3-2-4-6-13)24-19(18)26(25-12)14-7-9-15(10-8-14)27(28)29/h2-11H,1H3. The average molecular weight is 398 g/mol. The van der Waals surface area contributed by atoms with Gasteiger partial charge < -0.3 is 0 Å². The maximum atomic E-state index is 13.8. The SMILES string of the molecule is Cc1nn(-c2ccc([N+](=O)[O-])cc2)c2nc(-c3ccccc3)cc(C(F)(F)F)c12. The van der Waals surface area contributed by atoms with Crippen molar-refractivity contribution in [3.63, 3.8) is 0 Å². The van der Waals surface area contributed by atoms with Crippen molar-refractivity contribution in [3.05, 3.63) is 82.0 Å². The lowest BCUT2D eigenvalue weighted by Gasteiger charge is -2.12. The first-order valence-corrected chi connectivity index (χ1v) is 8.53. The van der Waals surface area contributed by atoms with Crippen LogP contribution >= 0.6 is 0 Å². The Kier molecular flexibility index (Phi) is 4.30. The first-order chi connectivity index (χ1) is 13.8. The molecule has 0 saturated carbocycles. The maximum absolute atomic E-state index is 13.8. The van der Waals surface area contributed by atoms with Gasteiger partial charge in [0.2, 0.25) is 0 Å². The normalized spacial score (nSPS) is 11.7. The number of aromatic nitrogens is 3. The van der Waals surface area contributed by atoms with E-state index in [1.807, 2.05) is 0 Å². The molecule has 0 spiro atoms. The Morgan fingerprint density at radius 1 is 1.03 bits per heavy atom. The lowest BCUT2D eigenvalue weighted by Crippen LogP contribution is -2.08. The molecule has 146 valence electrons. The molecule has 0 bridgehead atoms. The molecule has 29 heavy (non-hydrogen) atoms. The molecule has 0 aliphatic rings. The van der Waals surface area contributed by atoms with Crippen molar-refractivity contribution in [1.82, 2.24) is 14.8 Å². The van der Waals surface area contributed by atoms with Gasteiger partial charge in [-0.3, -0.25) is 10.1 Å². The first-order valence-electron chi connectivity index (χ1n) is 8.53. The molecule has 2 aromatic carbocycles. The second-order valence-electron chi connectivity index (χ2n) is 6.39. The summed E-state index contributed by atoms with van der Waals surface area (Å²) < 4.78 is 42.7. The van der Waals surface area contributed by atoms with Gasteiger partial charge in [-0.2, -0.15) is 18.3 Å². The van der Waals surface area contributed by atoms with E-state index in [0.717, 1.165) is 6.07 Å².